The van der Waals surface area contributed by atoms with Gasteiger partial charge in [0.25, 0.3) is 0 Å². The van der Waals surface area contributed by atoms with Gasteiger partial charge in [0.2, 0.25) is 0 Å². The van der Waals surface area contributed by atoms with Gasteiger partial charge >= 0.3 is 0 Å². The predicted molar refractivity (Wildman–Crippen MR) is 115 cm³/mol. The SMILES string of the molecule is CCNC(=NCC(c1cccc(OC)c1)N1CCCC1)NCCn1cccc1. The number of hydrogen-bond acceptors (Lipinski definition) is 3. The van der Waals surface area contributed by atoms with Crippen LogP contribution in [0.2, 0.25) is 0 Å². The van der Waals surface area contributed by atoms with Crippen molar-refractivity contribution >= 4 is 5.96 Å². The first-order chi connectivity index (χ1) is 13.8. The minimum absolute atomic E-state index is 0.275. The van der Waals surface area contributed by atoms with E-state index in [4.69, 9.17) is 9.73 Å². The van der Waals surface area contributed by atoms with Crippen LogP contribution < -0.4 is 15.4 Å². The molecule has 6 heteroatoms. The molecule has 1 atom stereocenters. The van der Waals surface area contributed by atoms with Crippen molar-refractivity contribution in [3.63, 3.8) is 0 Å². The monoisotopic (exact) mass is 383 g/mol. The maximum absolute atomic E-state index is 5.44. The van der Waals surface area contributed by atoms with Gasteiger partial charge in [-0.2, -0.15) is 0 Å². The Morgan fingerprint density at radius 3 is 2.64 bits per heavy atom. The van der Waals surface area contributed by atoms with Gasteiger partial charge in [0.15, 0.2) is 5.96 Å². The second-order valence-corrected chi connectivity index (χ2v) is 7.10. The molecule has 0 bridgehead atoms. The molecule has 1 aromatic carbocycles. The highest BCUT2D eigenvalue weighted by molar-refractivity contribution is 5.79. The fraction of sp³-hybridized carbons (Fsp3) is 0.500. The lowest BCUT2D eigenvalue weighted by Gasteiger charge is -2.27. The second kappa shape index (κ2) is 10.8. The van der Waals surface area contributed by atoms with Crippen molar-refractivity contribution in [1.82, 2.24) is 20.1 Å². The van der Waals surface area contributed by atoms with E-state index < -0.39 is 0 Å². The van der Waals surface area contributed by atoms with Gasteiger partial charge in [-0.15, -0.1) is 0 Å². The van der Waals surface area contributed by atoms with E-state index in [1.807, 2.05) is 18.2 Å². The summed E-state index contributed by atoms with van der Waals surface area (Å²) in [6.45, 7) is 7.71. The Labute approximate surface area is 168 Å². The number of aromatic nitrogens is 1. The molecule has 1 aromatic heterocycles. The van der Waals surface area contributed by atoms with Gasteiger partial charge in [0.05, 0.1) is 19.7 Å². The average Bonchev–Trinajstić information content (AvgIpc) is 3.43. The van der Waals surface area contributed by atoms with E-state index in [9.17, 15) is 0 Å². The number of aliphatic imine (C=N–C) groups is 1. The highest BCUT2D eigenvalue weighted by Gasteiger charge is 2.23. The third-order valence-corrected chi connectivity index (χ3v) is 5.16. The third-order valence-electron chi connectivity index (χ3n) is 5.16. The molecular weight excluding hydrogens is 350 g/mol. The molecule has 1 saturated heterocycles. The lowest BCUT2D eigenvalue weighted by atomic mass is 10.1. The summed E-state index contributed by atoms with van der Waals surface area (Å²) in [6.07, 6.45) is 6.69. The molecule has 2 aromatic rings. The molecule has 6 nitrogen and oxygen atoms in total. The van der Waals surface area contributed by atoms with Crippen molar-refractivity contribution in [2.45, 2.75) is 32.4 Å². The van der Waals surface area contributed by atoms with E-state index in [2.05, 4.69) is 57.6 Å². The number of nitrogens with zero attached hydrogens (tertiary/aromatic N) is 3. The zero-order valence-electron chi connectivity index (χ0n) is 17.1. The Kier molecular flexibility index (Phi) is 7.79. The van der Waals surface area contributed by atoms with E-state index in [0.717, 1.165) is 51.0 Å². The summed E-state index contributed by atoms with van der Waals surface area (Å²) in [4.78, 5) is 7.46. The van der Waals surface area contributed by atoms with Crippen LogP contribution in [0.25, 0.3) is 0 Å². The summed E-state index contributed by atoms with van der Waals surface area (Å²) in [5.41, 5.74) is 1.27. The Bertz CT molecular complexity index is 722. The van der Waals surface area contributed by atoms with Gasteiger partial charge in [-0.25, -0.2) is 0 Å². The number of hydrogen-bond donors (Lipinski definition) is 2. The van der Waals surface area contributed by atoms with Crippen LogP contribution in [0.15, 0.2) is 53.8 Å². The molecule has 0 saturated carbocycles. The summed E-state index contributed by atoms with van der Waals surface area (Å²) in [6, 6.07) is 12.8. The first kappa shape index (κ1) is 20.3. The van der Waals surface area contributed by atoms with Crippen LogP contribution >= 0.6 is 0 Å². The minimum atomic E-state index is 0.275. The number of methoxy groups -OCH3 is 1. The molecule has 3 rings (SSSR count). The lowest BCUT2D eigenvalue weighted by molar-refractivity contribution is 0.251. The van der Waals surface area contributed by atoms with Crippen molar-refractivity contribution < 1.29 is 4.74 Å². The maximum Gasteiger partial charge on any atom is 0.191 e. The average molecular weight is 384 g/mol. The normalized spacial score (nSPS) is 16.1. The largest absolute Gasteiger partial charge is 0.497 e. The molecule has 1 fully saturated rings. The number of guanidine groups is 1. The molecule has 1 unspecified atom stereocenters. The van der Waals surface area contributed by atoms with E-state index >= 15 is 0 Å². The molecule has 0 amide bonds. The van der Waals surface area contributed by atoms with Gasteiger partial charge in [0.1, 0.15) is 5.75 Å². The first-order valence-electron chi connectivity index (χ1n) is 10.3. The lowest BCUT2D eigenvalue weighted by Crippen LogP contribution is -2.39. The maximum atomic E-state index is 5.44. The molecule has 0 radical (unpaired) electrons. The fourth-order valence-electron chi connectivity index (χ4n) is 3.68. The van der Waals surface area contributed by atoms with E-state index in [-0.39, 0.29) is 6.04 Å². The summed E-state index contributed by atoms with van der Waals surface area (Å²) < 4.78 is 7.61. The molecule has 1 aliphatic heterocycles. The van der Waals surface area contributed by atoms with Gasteiger partial charge in [0, 0.05) is 32.0 Å². The van der Waals surface area contributed by atoms with E-state index in [1.54, 1.807) is 7.11 Å². The van der Waals surface area contributed by atoms with Crippen LogP contribution in [0.3, 0.4) is 0 Å². The third kappa shape index (κ3) is 5.76. The van der Waals surface area contributed by atoms with Crippen LogP contribution in [0, 0.1) is 0 Å². The van der Waals surface area contributed by atoms with Crippen LogP contribution in [0.4, 0.5) is 0 Å². The van der Waals surface area contributed by atoms with Crippen molar-refractivity contribution in [3.8, 4) is 5.75 Å². The number of likely N-dealkylation sites (tertiary alicyclic amines) is 1. The first-order valence-corrected chi connectivity index (χ1v) is 10.3. The highest BCUT2D eigenvalue weighted by atomic mass is 16.5. The van der Waals surface area contributed by atoms with Crippen molar-refractivity contribution in [2.24, 2.45) is 4.99 Å². The van der Waals surface area contributed by atoms with Crippen molar-refractivity contribution in [1.29, 1.82) is 0 Å². The Morgan fingerprint density at radius 2 is 1.93 bits per heavy atom. The zero-order valence-corrected chi connectivity index (χ0v) is 17.1. The zero-order chi connectivity index (χ0) is 19.6. The standard InChI is InChI=1S/C22H33N5O/c1-3-23-22(24-11-16-26-12-4-5-13-26)25-18-21(27-14-6-7-15-27)19-9-8-10-20(17-19)28-2/h4-5,8-10,12-13,17,21H,3,6-7,11,14-16,18H2,1-2H3,(H2,23,24,25). The van der Waals surface area contributed by atoms with Crippen LogP contribution in [-0.4, -0.2) is 55.3 Å². The molecule has 2 N–H and O–H groups in total. The molecule has 28 heavy (non-hydrogen) atoms. The van der Waals surface area contributed by atoms with Gasteiger partial charge in [-0.1, -0.05) is 12.1 Å². The molecule has 0 aliphatic carbocycles. The van der Waals surface area contributed by atoms with Crippen LogP contribution in [-0.2, 0) is 6.54 Å². The van der Waals surface area contributed by atoms with Crippen molar-refractivity contribution in [3.05, 3.63) is 54.4 Å². The summed E-state index contributed by atoms with van der Waals surface area (Å²) in [5, 5.41) is 6.82. The number of ether oxygens (including phenoxy) is 1. The quantitative estimate of drug-likeness (QED) is 0.516. The predicted octanol–water partition coefficient (Wildman–Crippen LogP) is 2.89. The summed E-state index contributed by atoms with van der Waals surface area (Å²) in [7, 11) is 1.72. The minimum Gasteiger partial charge on any atom is -0.497 e. The molecular formula is C22H33N5O. The van der Waals surface area contributed by atoms with E-state index in [1.165, 1.54) is 18.4 Å². The van der Waals surface area contributed by atoms with Crippen molar-refractivity contribution in [2.75, 3.05) is 39.8 Å². The smallest absolute Gasteiger partial charge is 0.191 e. The Hall–Kier alpha value is -2.47. The highest BCUT2D eigenvalue weighted by Crippen LogP contribution is 2.27. The fourth-order valence-corrected chi connectivity index (χ4v) is 3.68. The van der Waals surface area contributed by atoms with Crippen LogP contribution in [0.1, 0.15) is 31.4 Å². The number of nitrogens with one attached hydrogen (secondary N) is 2. The second-order valence-electron chi connectivity index (χ2n) is 7.10. The molecule has 1 aliphatic rings. The van der Waals surface area contributed by atoms with Gasteiger partial charge in [-0.05, 0) is 62.7 Å². The summed E-state index contributed by atoms with van der Waals surface area (Å²) >= 11 is 0. The number of benzene rings is 1. The Balaban J connectivity index is 1.67. The summed E-state index contributed by atoms with van der Waals surface area (Å²) in [5.74, 6) is 1.78. The van der Waals surface area contributed by atoms with Gasteiger partial charge < -0.3 is 19.9 Å². The number of rotatable bonds is 9. The molecule has 2 heterocycles. The topological polar surface area (TPSA) is 53.8 Å². The molecule has 0 spiro atoms. The van der Waals surface area contributed by atoms with Gasteiger partial charge in [-0.3, -0.25) is 9.89 Å². The van der Waals surface area contributed by atoms with E-state index in [0.29, 0.717) is 0 Å². The van der Waals surface area contributed by atoms with Crippen LogP contribution in [0.5, 0.6) is 5.75 Å². The molecule has 152 valence electrons. The Morgan fingerprint density at radius 1 is 1.14 bits per heavy atom.